The zero-order valence-electron chi connectivity index (χ0n) is 15.0. The smallest absolute Gasteiger partial charge is 0.230 e. The number of carbonyl (C=O) groups is 1. The van der Waals surface area contributed by atoms with Crippen molar-refractivity contribution in [1.29, 1.82) is 0 Å². The molecule has 1 aliphatic carbocycles. The molecule has 0 spiro atoms. The normalized spacial score (nSPS) is 22.6. The van der Waals surface area contributed by atoms with Crippen LogP contribution in [0, 0.1) is 11.7 Å². The highest BCUT2D eigenvalue weighted by Gasteiger charge is 2.36. The molecule has 1 aromatic heterocycles. The molecule has 2 atom stereocenters. The van der Waals surface area contributed by atoms with Gasteiger partial charge >= 0.3 is 0 Å². The van der Waals surface area contributed by atoms with Crippen molar-refractivity contribution >= 4 is 22.4 Å². The summed E-state index contributed by atoms with van der Waals surface area (Å²) in [6, 6.07) is 3.37. The molecule has 2 aromatic rings. The maximum absolute atomic E-state index is 14.1. The van der Waals surface area contributed by atoms with Crippen LogP contribution in [-0.2, 0) is 11.2 Å². The van der Waals surface area contributed by atoms with Crippen molar-refractivity contribution in [2.24, 2.45) is 5.92 Å². The van der Waals surface area contributed by atoms with Gasteiger partial charge in [-0.25, -0.2) is 4.39 Å². The third kappa shape index (κ3) is 2.49. The molecule has 1 N–H and O–H groups in total. The van der Waals surface area contributed by atoms with Gasteiger partial charge in [0.25, 0.3) is 0 Å². The van der Waals surface area contributed by atoms with E-state index in [1.807, 2.05) is 24.9 Å². The largest absolute Gasteiger partial charge is 0.361 e. The summed E-state index contributed by atoms with van der Waals surface area (Å²) in [6.45, 7) is 6.16. The Balaban J connectivity index is 1.83. The maximum Gasteiger partial charge on any atom is 0.230 e. The Bertz CT molecular complexity index is 865. The molecule has 2 heterocycles. The van der Waals surface area contributed by atoms with E-state index < -0.39 is 0 Å². The summed E-state index contributed by atoms with van der Waals surface area (Å²) in [7, 11) is 2.06. The van der Waals surface area contributed by atoms with Gasteiger partial charge in [-0.05, 0) is 56.1 Å². The third-order valence-corrected chi connectivity index (χ3v) is 5.70. The number of hydrogen-bond donors (Lipinski definition) is 1. The number of likely N-dealkylation sites (N-methyl/N-ethyl adjacent to an activating group) is 1. The Morgan fingerprint density at radius 3 is 2.84 bits per heavy atom. The monoisotopic (exact) mass is 341 g/mol. The van der Waals surface area contributed by atoms with E-state index in [4.69, 9.17) is 0 Å². The van der Waals surface area contributed by atoms with Gasteiger partial charge in [0.15, 0.2) is 0 Å². The molecule has 0 radical (unpaired) electrons. The number of aromatic amines is 1. The van der Waals surface area contributed by atoms with Crippen molar-refractivity contribution in [3.8, 4) is 0 Å². The second-order valence-corrected chi connectivity index (χ2v) is 7.09. The first-order valence-corrected chi connectivity index (χ1v) is 9.04. The van der Waals surface area contributed by atoms with Gasteiger partial charge < -0.3 is 9.88 Å². The molecule has 1 aromatic carbocycles. The molecule has 2 unspecified atom stereocenters. The lowest BCUT2D eigenvalue weighted by atomic mass is 9.79. The zero-order valence-corrected chi connectivity index (χ0v) is 15.0. The number of nitrogens with one attached hydrogen (secondary N) is 1. The van der Waals surface area contributed by atoms with E-state index >= 15 is 0 Å². The molecule has 2 aliphatic rings. The quantitative estimate of drug-likeness (QED) is 0.932. The van der Waals surface area contributed by atoms with E-state index in [1.54, 1.807) is 12.1 Å². The topological polar surface area (TPSA) is 39.3 Å². The van der Waals surface area contributed by atoms with Crippen molar-refractivity contribution in [2.45, 2.75) is 26.3 Å². The van der Waals surface area contributed by atoms with Crippen LogP contribution in [0.4, 0.5) is 4.39 Å². The average Bonchev–Trinajstić information content (AvgIpc) is 3.00. The van der Waals surface area contributed by atoms with Crippen molar-refractivity contribution < 1.29 is 9.18 Å². The zero-order chi connectivity index (χ0) is 17.7. The summed E-state index contributed by atoms with van der Waals surface area (Å²) in [5.74, 6) is -0.248. The van der Waals surface area contributed by atoms with Crippen LogP contribution in [0.5, 0.6) is 0 Å². The minimum Gasteiger partial charge on any atom is -0.361 e. The molecule has 5 heteroatoms. The lowest BCUT2D eigenvalue weighted by Crippen LogP contribution is -2.47. The lowest BCUT2D eigenvalue weighted by Gasteiger charge is -2.40. The Labute approximate surface area is 147 Å². The number of amides is 1. The number of rotatable bonds is 3. The van der Waals surface area contributed by atoms with Gasteiger partial charge in [0.1, 0.15) is 5.82 Å². The van der Waals surface area contributed by atoms with Crippen LogP contribution in [0.3, 0.4) is 0 Å². The number of aromatic nitrogens is 1. The minimum absolute atomic E-state index is 0.162. The van der Waals surface area contributed by atoms with Crippen molar-refractivity contribution in [1.82, 2.24) is 14.8 Å². The lowest BCUT2D eigenvalue weighted by molar-refractivity contribution is -0.134. The molecule has 132 valence electrons. The number of carbonyl (C=O) groups excluding carboxylic acids is 1. The van der Waals surface area contributed by atoms with Gasteiger partial charge in [0.05, 0.1) is 5.92 Å². The molecular formula is C20H24FN3O. The van der Waals surface area contributed by atoms with Crippen LogP contribution >= 0.6 is 0 Å². The third-order valence-electron chi connectivity index (χ3n) is 5.70. The van der Waals surface area contributed by atoms with Crippen LogP contribution in [0.1, 0.15) is 25.0 Å². The highest BCUT2D eigenvalue weighted by atomic mass is 19.1. The van der Waals surface area contributed by atoms with Gasteiger partial charge in [-0.1, -0.05) is 6.08 Å². The van der Waals surface area contributed by atoms with E-state index in [-0.39, 0.29) is 23.7 Å². The summed E-state index contributed by atoms with van der Waals surface area (Å²) in [6.07, 6.45) is 4.98. The molecule has 4 nitrogen and oxygen atoms in total. The number of H-pyrrole nitrogens is 1. The van der Waals surface area contributed by atoms with Crippen molar-refractivity contribution in [3.63, 3.8) is 0 Å². The second-order valence-electron chi connectivity index (χ2n) is 7.09. The van der Waals surface area contributed by atoms with Crippen LogP contribution in [0.2, 0.25) is 0 Å². The highest BCUT2D eigenvalue weighted by Crippen LogP contribution is 2.41. The van der Waals surface area contributed by atoms with E-state index in [0.717, 1.165) is 28.5 Å². The van der Waals surface area contributed by atoms with Crippen LogP contribution in [-0.4, -0.2) is 53.4 Å². The van der Waals surface area contributed by atoms with Crippen molar-refractivity contribution in [2.75, 3.05) is 26.7 Å². The van der Waals surface area contributed by atoms with E-state index in [0.29, 0.717) is 19.6 Å². The molecular weight excluding hydrogens is 317 g/mol. The van der Waals surface area contributed by atoms with Gasteiger partial charge in [-0.2, -0.15) is 0 Å². The van der Waals surface area contributed by atoms with Crippen molar-refractivity contribution in [3.05, 3.63) is 41.3 Å². The number of nitrogens with zero attached hydrogens (tertiary/aromatic N) is 2. The first kappa shape index (κ1) is 16.3. The molecule has 0 fully saturated rings. The Hall–Kier alpha value is -2.14. The standard InChI is InChI=1S/C20H24FN3O/c1-4-24(5-2)20(25)13-6-15-16-8-14(21)9-17-19(16)12(10-22-17)7-18(15)23(3)11-13/h6,8-10,13,18,22H,4-5,7,11H2,1-3H3. The summed E-state index contributed by atoms with van der Waals surface area (Å²) >= 11 is 0. The first-order valence-electron chi connectivity index (χ1n) is 9.04. The van der Waals surface area contributed by atoms with Gasteiger partial charge in [-0.15, -0.1) is 0 Å². The maximum atomic E-state index is 14.1. The molecule has 0 saturated carbocycles. The molecule has 0 saturated heterocycles. The Morgan fingerprint density at radius 2 is 2.12 bits per heavy atom. The van der Waals surface area contributed by atoms with E-state index in [1.165, 1.54) is 5.56 Å². The van der Waals surface area contributed by atoms with Gasteiger partial charge in [-0.3, -0.25) is 9.69 Å². The van der Waals surface area contributed by atoms with Gasteiger partial charge in [0, 0.05) is 42.8 Å². The highest BCUT2D eigenvalue weighted by molar-refractivity contribution is 5.99. The van der Waals surface area contributed by atoms with E-state index in [2.05, 4.69) is 23.0 Å². The fourth-order valence-corrected chi connectivity index (χ4v) is 4.41. The van der Waals surface area contributed by atoms with Crippen LogP contribution in [0.25, 0.3) is 16.5 Å². The molecule has 1 amide bonds. The molecule has 25 heavy (non-hydrogen) atoms. The fourth-order valence-electron chi connectivity index (χ4n) is 4.41. The second kappa shape index (κ2) is 5.99. The first-order chi connectivity index (χ1) is 12.0. The number of halogens is 1. The number of hydrogen-bond acceptors (Lipinski definition) is 2. The average molecular weight is 341 g/mol. The number of fused-ring (bicyclic) bond motifs is 2. The molecule has 1 aliphatic heterocycles. The fraction of sp³-hybridized carbons (Fsp3) is 0.450. The van der Waals surface area contributed by atoms with Gasteiger partial charge in [0.2, 0.25) is 5.91 Å². The summed E-state index contributed by atoms with van der Waals surface area (Å²) in [5, 5.41) is 1.10. The molecule has 4 rings (SSSR count). The summed E-state index contributed by atoms with van der Waals surface area (Å²) in [4.78, 5) is 20.2. The van der Waals surface area contributed by atoms with Crippen LogP contribution in [0.15, 0.2) is 24.4 Å². The Kier molecular flexibility index (Phi) is 3.91. The molecule has 0 bridgehead atoms. The minimum atomic E-state index is -0.239. The van der Waals surface area contributed by atoms with Crippen LogP contribution < -0.4 is 0 Å². The predicted molar refractivity (Wildman–Crippen MR) is 97.8 cm³/mol. The Morgan fingerprint density at radius 1 is 1.36 bits per heavy atom. The summed E-state index contributed by atoms with van der Waals surface area (Å²) in [5.41, 5.74) is 4.10. The van der Waals surface area contributed by atoms with E-state index in [9.17, 15) is 9.18 Å². The SMILES string of the molecule is CCN(CC)C(=O)C1C=C2c3cc(F)cc4[nH]cc(c34)CC2N(C)C1. The predicted octanol–water partition coefficient (Wildman–Crippen LogP) is 3.05. The summed E-state index contributed by atoms with van der Waals surface area (Å²) < 4.78 is 14.1. The number of benzene rings is 1.